The number of benzene rings is 3. The summed E-state index contributed by atoms with van der Waals surface area (Å²) in [6, 6.07) is 22.0. The molecule has 0 bridgehead atoms. The van der Waals surface area contributed by atoms with Gasteiger partial charge in [-0.2, -0.15) is 0 Å². The van der Waals surface area contributed by atoms with E-state index in [4.69, 9.17) is 29.3 Å². The molecule has 0 atom stereocenters. The highest BCUT2D eigenvalue weighted by molar-refractivity contribution is 6.27. The molecule has 0 spiro atoms. The first-order valence-electron chi connectivity index (χ1n) is 13.0. The molecule has 9 nitrogen and oxygen atoms in total. The first-order chi connectivity index (χ1) is 18.8. The molecule has 1 aliphatic rings. The number of piperazine rings is 1. The Morgan fingerprint density at radius 3 is 1.82 bits per heavy atom. The summed E-state index contributed by atoms with van der Waals surface area (Å²) < 4.78 is 13.2. The lowest BCUT2D eigenvalue weighted by atomic mass is 10.1. The summed E-state index contributed by atoms with van der Waals surface area (Å²) in [6.45, 7) is 9.48. The fraction of sp³-hybridized carbons (Fsp3) is 0.333. The second-order valence-electron chi connectivity index (χ2n) is 9.46. The smallest absolute Gasteiger partial charge is 0.414 e. The van der Waals surface area contributed by atoms with Crippen molar-refractivity contribution in [1.82, 2.24) is 14.4 Å². The lowest BCUT2D eigenvalue weighted by molar-refractivity contribution is -0.159. The molecule has 0 saturated carbocycles. The number of aryl methyl sites for hydroxylation is 1. The highest BCUT2D eigenvalue weighted by Crippen LogP contribution is 2.30. The van der Waals surface area contributed by atoms with Gasteiger partial charge in [0.25, 0.3) is 0 Å². The van der Waals surface area contributed by atoms with Crippen molar-refractivity contribution in [2.24, 2.45) is 0 Å². The van der Waals surface area contributed by atoms with Gasteiger partial charge in [0.1, 0.15) is 0 Å². The molecule has 2 heterocycles. The molecule has 2 N–H and O–H groups in total. The van der Waals surface area contributed by atoms with E-state index in [9.17, 15) is 0 Å². The van der Waals surface area contributed by atoms with Crippen molar-refractivity contribution in [3.63, 3.8) is 0 Å². The van der Waals surface area contributed by atoms with E-state index in [2.05, 4.69) is 75.9 Å². The van der Waals surface area contributed by atoms with Crippen LogP contribution in [0.3, 0.4) is 0 Å². The number of ether oxygens (including phenoxy) is 2. The zero-order valence-corrected chi connectivity index (χ0v) is 22.6. The Balaban J connectivity index is 0.000000531. The summed E-state index contributed by atoms with van der Waals surface area (Å²) in [5.74, 6) is -2.07. The standard InChI is InChI=1S/C28H33N3O2.C2H2O4/c1-4-31-25-8-6-5-7-23(25)24-17-21(9-11-26(24)31)19-29-13-15-30(16-14-29)20-22-10-12-27(32-2)28(18-22)33-3;3-1(4)2(5)6/h5-12,17-18H,4,13-16,19-20H2,1-3H3;(H,3,4)(H,5,6). The fourth-order valence-electron chi connectivity index (χ4n) is 5.14. The molecule has 39 heavy (non-hydrogen) atoms. The van der Waals surface area contributed by atoms with E-state index >= 15 is 0 Å². The number of carboxylic acids is 2. The number of para-hydroxylation sites is 1. The van der Waals surface area contributed by atoms with Gasteiger partial charge in [-0.05, 0) is 48.4 Å². The Hall–Kier alpha value is -4.08. The van der Waals surface area contributed by atoms with Crippen LogP contribution in [0.25, 0.3) is 21.8 Å². The summed E-state index contributed by atoms with van der Waals surface area (Å²) >= 11 is 0. The number of aromatic nitrogens is 1. The average molecular weight is 534 g/mol. The third-order valence-corrected chi connectivity index (χ3v) is 7.06. The number of hydrogen-bond donors (Lipinski definition) is 2. The fourth-order valence-corrected chi connectivity index (χ4v) is 5.14. The largest absolute Gasteiger partial charge is 0.493 e. The average Bonchev–Trinajstić information content (AvgIpc) is 3.27. The van der Waals surface area contributed by atoms with Crippen molar-refractivity contribution in [2.75, 3.05) is 40.4 Å². The highest BCUT2D eigenvalue weighted by Gasteiger charge is 2.18. The molecule has 1 aromatic heterocycles. The van der Waals surface area contributed by atoms with Gasteiger partial charge in [-0.15, -0.1) is 0 Å². The molecule has 1 aliphatic heterocycles. The number of carboxylic acid groups (broad SMARTS) is 2. The molecule has 0 radical (unpaired) electrons. The minimum absolute atomic E-state index is 0.782. The van der Waals surface area contributed by atoms with Gasteiger partial charge >= 0.3 is 11.9 Å². The molecule has 0 unspecified atom stereocenters. The molecule has 1 fully saturated rings. The van der Waals surface area contributed by atoms with Crippen LogP contribution in [0.2, 0.25) is 0 Å². The predicted octanol–water partition coefficient (Wildman–Crippen LogP) is 4.31. The van der Waals surface area contributed by atoms with Crippen LogP contribution in [0.4, 0.5) is 0 Å². The Labute approximate surface area is 227 Å². The second kappa shape index (κ2) is 12.6. The molecule has 0 aliphatic carbocycles. The molecule has 4 aromatic rings. The topological polar surface area (TPSA) is 104 Å². The molecule has 9 heteroatoms. The number of rotatable bonds is 7. The van der Waals surface area contributed by atoms with E-state index in [1.54, 1.807) is 14.2 Å². The lowest BCUT2D eigenvalue weighted by Gasteiger charge is -2.34. The normalized spacial score (nSPS) is 14.1. The number of fused-ring (bicyclic) bond motifs is 3. The van der Waals surface area contributed by atoms with Gasteiger partial charge in [0.2, 0.25) is 0 Å². The molecule has 5 rings (SSSR count). The van der Waals surface area contributed by atoms with E-state index < -0.39 is 11.9 Å². The highest BCUT2D eigenvalue weighted by atomic mass is 16.5. The molecule has 206 valence electrons. The van der Waals surface area contributed by atoms with Crippen LogP contribution >= 0.6 is 0 Å². The second-order valence-corrected chi connectivity index (χ2v) is 9.46. The monoisotopic (exact) mass is 533 g/mol. The third-order valence-electron chi connectivity index (χ3n) is 7.06. The maximum Gasteiger partial charge on any atom is 0.414 e. The quantitative estimate of drug-likeness (QED) is 0.339. The zero-order chi connectivity index (χ0) is 27.9. The van der Waals surface area contributed by atoms with Gasteiger partial charge in [-0.25, -0.2) is 9.59 Å². The van der Waals surface area contributed by atoms with E-state index in [1.165, 1.54) is 32.9 Å². The Kier molecular flexibility index (Phi) is 9.06. The van der Waals surface area contributed by atoms with Gasteiger partial charge in [-0.3, -0.25) is 9.80 Å². The summed E-state index contributed by atoms with van der Waals surface area (Å²) in [5.41, 5.74) is 5.33. The van der Waals surface area contributed by atoms with E-state index in [1.807, 2.05) is 6.07 Å². The van der Waals surface area contributed by atoms with Gasteiger partial charge < -0.3 is 24.3 Å². The first kappa shape index (κ1) is 27.9. The first-order valence-corrected chi connectivity index (χ1v) is 13.0. The van der Waals surface area contributed by atoms with Crippen molar-refractivity contribution in [2.45, 2.75) is 26.6 Å². The number of hydrogen-bond acceptors (Lipinski definition) is 6. The van der Waals surface area contributed by atoms with Gasteiger partial charge in [0.15, 0.2) is 11.5 Å². The number of methoxy groups -OCH3 is 2. The van der Waals surface area contributed by atoms with Gasteiger partial charge in [0.05, 0.1) is 14.2 Å². The summed E-state index contributed by atoms with van der Waals surface area (Å²) in [5, 5.41) is 17.5. The number of aliphatic carboxylic acids is 2. The molecule has 3 aromatic carbocycles. The third kappa shape index (κ3) is 6.50. The maximum absolute atomic E-state index is 9.10. The summed E-state index contributed by atoms with van der Waals surface area (Å²) in [6.07, 6.45) is 0. The molecular weight excluding hydrogens is 498 g/mol. The Morgan fingerprint density at radius 1 is 0.718 bits per heavy atom. The Morgan fingerprint density at radius 2 is 1.26 bits per heavy atom. The lowest BCUT2D eigenvalue weighted by Crippen LogP contribution is -2.45. The van der Waals surface area contributed by atoms with E-state index in [0.717, 1.165) is 57.3 Å². The van der Waals surface area contributed by atoms with Crippen LogP contribution in [0.15, 0.2) is 60.7 Å². The van der Waals surface area contributed by atoms with Crippen molar-refractivity contribution in [3.8, 4) is 11.5 Å². The van der Waals surface area contributed by atoms with E-state index in [0.29, 0.717) is 0 Å². The van der Waals surface area contributed by atoms with E-state index in [-0.39, 0.29) is 0 Å². The minimum Gasteiger partial charge on any atom is -0.493 e. The zero-order valence-electron chi connectivity index (χ0n) is 22.6. The Bertz CT molecular complexity index is 1440. The minimum atomic E-state index is -1.82. The predicted molar refractivity (Wildman–Crippen MR) is 150 cm³/mol. The molecular formula is C30H35N3O6. The van der Waals surface area contributed by atoms with Crippen molar-refractivity contribution in [1.29, 1.82) is 0 Å². The van der Waals surface area contributed by atoms with Crippen molar-refractivity contribution < 1.29 is 29.3 Å². The molecule has 0 amide bonds. The maximum atomic E-state index is 9.10. The van der Waals surface area contributed by atoms with Gasteiger partial charge in [0, 0.05) is 67.6 Å². The van der Waals surface area contributed by atoms with Crippen LogP contribution in [0.5, 0.6) is 11.5 Å². The molecule has 1 saturated heterocycles. The number of nitrogens with zero attached hydrogens (tertiary/aromatic N) is 3. The van der Waals surface area contributed by atoms with Gasteiger partial charge in [-0.1, -0.05) is 30.3 Å². The summed E-state index contributed by atoms with van der Waals surface area (Å²) in [4.78, 5) is 23.3. The van der Waals surface area contributed by atoms with Crippen LogP contribution < -0.4 is 9.47 Å². The summed E-state index contributed by atoms with van der Waals surface area (Å²) in [7, 11) is 3.37. The van der Waals surface area contributed by atoms with Crippen LogP contribution in [0, 0.1) is 0 Å². The van der Waals surface area contributed by atoms with Crippen molar-refractivity contribution >= 4 is 33.7 Å². The van der Waals surface area contributed by atoms with Crippen LogP contribution in [0.1, 0.15) is 18.1 Å². The number of carbonyl (C=O) groups is 2. The van der Waals surface area contributed by atoms with Crippen molar-refractivity contribution in [3.05, 3.63) is 71.8 Å². The SMILES string of the molecule is CCn1c2ccccc2c2cc(CN3CCN(Cc4ccc(OC)c(OC)c4)CC3)ccc21.O=C(O)C(=O)O. The van der Waals surface area contributed by atoms with Crippen LogP contribution in [-0.4, -0.2) is 76.9 Å². The van der Waals surface area contributed by atoms with Crippen LogP contribution in [-0.2, 0) is 29.2 Å².